The number of nitrogen functional groups attached to an aromatic ring is 1. The third-order valence-electron chi connectivity index (χ3n) is 2.53. The van der Waals surface area contributed by atoms with Gasteiger partial charge in [-0.1, -0.05) is 23.7 Å². The lowest BCUT2D eigenvalue weighted by molar-refractivity contribution is 0.607. The van der Waals surface area contributed by atoms with Crippen LogP contribution in [0.1, 0.15) is 5.56 Å². The van der Waals surface area contributed by atoms with Crippen molar-refractivity contribution in [3.8, 4) is 0 Å². The monoisotopic (exact) mass is 281 g/mol. The van der Waals surface area contributed by atoms with Crippen molar-refractivity contribution in [2.75, 3.05) is 17.4 Å². The normalized spacial score (nSPS) is 10.3. The minimum absolute atomic E-state index is 0.161. The number of aromatic nitrogens is 2. The number of nitrogens with zero attached hydrogens (tertiary/aromatic N) is 3. The maximum absolute atomic E-state index is 13.7. The Labute approximate surface area is 115 Å². The first kappa shape index (κ1) is 13.5. The first-order valence-corrected chi connectivity index (χ1v) is 5.92. The lowest BCUT2D eigenvalue weighted by Gasteiger charge is -2.19. The van der Waals surface area contributed by atoms with Crippen molar-refractivity contribution in [2.24, 2.45) is 5.84 Å². The zero-order valence-electron chi connectivity index (χ0n) is 10.3. The van der Waals surface area contributed by atoms with Crippen molar-refractivity contribution >= 4 is 23.4 Å². The van der Waals surface area contributed by atoms with Gasteiger partial charge in [-0.15, -0.1) is 0 Å². The Bertz CT molecular complexity index is 578. The topological polar surface area (TPSA) is 67.1 Å². The summed E-state index contributed by atoms with van der Waals surface area (Å²) in [6.45, 7) is 0.471. The Morgan fingerprint density at radius 1 is 1.47 bits per heavy atom. The molecule has 100 valence electrons. The third-order valence-corrected chi connectivity index (χ3v) is 2.76. The van der Waals surface area contributed by atoms with Gasteiger partial charge in [-0.2, -0.15) is 4.98 Å². The Morgan fingerprint density at radius 2 is 2.26 bits per heavy atom. The molecule has 0 fully saturated rings. The second kappa shape index (κ2) is 5.81. The molecule has 1 heterocycles. The molecule has 0 spiro atoms. The maximum Gasteiger partial charge on any atom is 0.239 e. The quantitative estimate of drug-likeness (QED) is 0.664. The van der Waals surface area contributed by atoms with Gasteiger partial charge in [0, 0.05) is 18.6 Å². The molecule has 0 saturated heterocycles. The minimum atomic E-state index is -0.511. The SMILES string of the molecule is CN(Cc1cccc(Cl)c1)c1nc(NN)ncc1F. The molecule has 5 nitrogen and oxygen atoms in total. The largest absolute Gasteiger partial charge is 0.353 e. The molecule has 0 unspecified atom stereocenters. The summed E-state index contributed by atoms with van der Waals surface area (Å²) in [5, 5.41) is 0.637. The lowest BCUT2D eigenvalue weighted by Crippen LogP contribution is -2.21. The van der Waals surface area contributed by atoms with Gasteiger partial charge >= 0.3 is 0 Å². The lowest BCUT2D eigenvalue weighted by atomic mass is 10.2. The fraction of sp³-hybridized carbons (Fsp3) is 0.167. The molecule has 7 heteroatoms. The zero-order valence-corrected chi connectivity index (χ0v) is 11.0. The predicted octanol–water partition coefficient (Wildman–Crippen LogP) is 2.19. The van der Waals surface area contributed by atoms with Gasteiger partial charge in [0.1, 0.15) is 0 Å². The Hall–Kier alpha value is -1.92. The summed E-state index contributed by atoms with van der Waals surface area (Å²) in [7, 11) is 1.73. The Kier molecular flexibility index (Phi) is 4.13. The molecule has 2 aromatic rings. The van der Waals surface area contributed by atoms with E-state index < -0.39 is 5.82 Å². The van der Waals surface area contributed by atoms with E-state index in [4.69, 9.17) is 17.4 Å². The highest BCUT2D eigenvalue weighted by Gasteiger charge is 2.12. The number of nitrogens with one attached hydrogen (secondary N) is 1. The van der Waals surface area contributed by atoms with E-state index >= 15 is 0 Å². The minimum Gasteiger partial charge on any atom is -0.353 e. The highest BCUT2D eigenvalue weighted by molar-refractivity contribution is 6.30. The standard InChI is InChI=1S/C12H13ClFN5/c1-19(7-8-3-2-4-9(13)5-8)11-10(14)6-16-12(17-11)18-15/h2-6H,7,15H2,1H3,(H,16,17,18). The number of anilines is 2. The molecule has 0 saturated carbocycles. The van der Waals surface area contributed by atoms with E-state index in [1.54, 1.807) is 18.0 Å². The molecule has 1 aromatic heterocycles. The predicted molar refractivity (Wildman–Crippen MR) is 73.4 cm³/mol. The average Bonchev–Trinajstić information content (AvgIpc) is 2.39. The summed E-state index contributed by atoms with van der Waals surface area (Å²) in [4.78, 5) is 9.33. The molecule has 1 aromatic carbocycles. The number of rotatable bonds is 4. The Morgan fingerprint density at radius 3 is 2.95 bits per heavy atom. The van der Waals surface area contributed by atoms with E-state index in [1.165, 1.54) is 0 Å². The van der Waals surface area contributed by atoms with Crippen molar-refractivity contribution in [2.45, 2.75) is 6.54 Å². The summed E-state index contributed by atoms with van der Waals surface area (Å²) in [5.41, 5.74) is 3.24. The van der Waals surface area contributed by atoms with E-state index in [2.05, 4.69) is 15.4 Å². The van der Waals surface area contributed by atoms with Crippen LogP contribution in [0.3, 0.4) is 0 Å². The van der Waals surface area contributed by atoms with Gasteiger partial charge in [-0.3, -0.25) is 5.43 Å². The molecule has 0 amide bonds. The first-order chi connectivity index (χ1) is 9.10. The highest BCUT2D eigenvalue weighted by atomic mass is 35.5. The molecule has 3 N–H and O–H groups in total. The van der Waals surface area contributed by atoms with Crippen LogP contribution in [0.15, 0.2) is 30.5 Å². The van der Waals surface area contributed by atoms with Gasteiger partial charge < -0.3 is 4.90 Å². The van der Waals surface area contributed by atoms with Crippen LogP contribution < -0.4 is 16.2 Å². The molecule has 2 rings (SSSR count). The molecular weight excluding hydrogens is 269 g/mol. The van der Waals surface area contributed by atoms with Gasteiger partial charge in [0.25, 0.3) is 0 Å². The van der Waals surface area contributed by atoms with E-state index in [9.17, 15) is 4.39 Å². The number of hydrazine groups is 1. The van der Waals surface area contributed by atoms with Gasteiger partial charge in [0.2, 0.25) is 5.95 Å². The van der Waals surface area contributed by atoms with Crippen LogP contribution in [0, 0.1) is 5.82 Å². The zero-order chi connectivity index (χ0) is 13.8. The Balaban J connectivity index is 2.22. The fourth-order valence-electron chi connectivity index (χ4n) is 1.68. The van der Waals surface area contributed by atoms with Crippen LogP contribution >= 0.6 is 11.6 Å². The van der Waals surface area contributed by atoms with Gasteiger partial charge in [-0.05, 0) is 17.7 Å². The van der Waals surface area contributed by atoms with Crippen LogP contribution in [0.4, 0.5) is 16.2 Å². The van der Waals surface area contributed by atoms with Crippen LogP contribution in [0.25, 0.3) is 0 Å². The number of nitrogens with two attached hydrogens (primary N) is 1. The molecule has 19 heavy (non-hydrogen) atoms. The smallest absolute Gasteiger partial charge is 0.239 e. The summed E-state index contributed by atoms with van der Waals surface area (Å²) in [6, 6.07) is 7.35. The van der Waals surface area contributed by atoms with Crippen molar-refractivity contribution in [1.29, 1.82) is 0 Å². The van der Waals surface area contributed by atoms with Crippen molar-refractivity contribution in [3.63, 3.8) is 0 Å². The average molecular weight is 282 g/mol. The van der Waals surface area contributed by atoms with Crippen LogP contribution in [-0.2, 0) is 6.54 Å². The third kappa shape index (κ3) is 3.30. The van der Waals surface area contributed by atoms with Gasteiger partial charge in [0.05, 0.1) is 6.20 Å². The van der Waals surface area contributed by atoms with Crippen molar-refractivity contribution in [1.82, 2.24) is 9.97 Å². The van der Waals surface area contributed by atoms with Crippen LogP contribution in [0.5, 0.6) is 0 Å². The van der Waals surface area contributed by atoms with E-state index in [0.717, 1.165) is 11.8 Å². The highest BCUT2D eigenvalue weighted by Crippen LogP contribution is 2.19. The van der Waals surface area contributed by atoms with Crippen molar-refractivity contribution < 1.29 is 4.39 Å². The molecule has 0 atom stereocenters. The summed E-state index contributed by atoms with van der Waals surface area (Å²) >= 11 is 5.91. The van der Waals surface area contributed by atoms with Crippen molar-refractivity contribution in [3.05, 3.63) is 46.9 Å². The molecule has 0 aliphatic heterocycles. The van der Waals surface area contributed by atoms with Gasteiger partial charge in [-0.25, -0.2) is 15.2 Å². The molecule has 0 bridgehead atoms. The summed E-state index contributed by atoms with van der Waals surface area (Å²) in [5.74, 6) is 5.03. The maximum atomic E-state index is 13.7. The number of benzene rings is 1. The summed E-state index contributed by atoms with van der Waals surface area (Å²) < 4.78 is 13.7. The van der Waals surface area contributed by atoms with Crippen LogP contribution in [-0.4, -0.2) is 17.0 Å². The van der Waals surface area contributed by atoms with Gasteiger partial charge in [0.15, 0.2) is 11.6 Å². The first-order valence-electron chi connectivity index (χ1n) is 5.55. The van der Waals surface area contributed by atoms with E-state index in [1.807, 2.05) is 18.2 Å². The number of hydrogen-bond acceptors (Lipinski definition) is 5. The molecule has 0 aliphatic carbocycles. The molecule has 0 radical (unpaired) electrons. The summed E-state index contributed by atoms with van der Waals surface area (Å²) in [6.07, 6.45) is 1.08. The molecule has 0 aliphatic rings. The van der Waals surface area contributed by atoms with Crippen LogP contribution in [0.2, 0.25) is 5.02 Å². The fourth-order valence-corrected chi connectivity index (χ4v) is 1.89. The second-order valence-electron chi connectivity index (χ2n) is 4.00. The number of halogens is 2. The van der Waals surface area contributed by atoms with E-state index in [0.29, 0.717) is 11.6 Å². The number of hydrogen-bond donors (Lipinski definition) is 2. The second-order valence-corrected chi connectivity index (χ2v) is 4.43. The molecular formula is C12H13ClFN5. The van der Waals surface area contributed by atoms with E-state index in [-0.39, 0.29) is 11.8 Å².